The van der Waals surface area contributed by atoms with Gasteiger partial charge in [0.25, 0.3) is 0 Å². The maximum Gasteiger partial charge on any atom is 0.00469 e. The van der Waals surface area contributed by atoms with Crippen LogP contribution in [-0.4, -0.2) is 6.04 Å². The van der Waals surface area contributed by atoms with Crippen LogP contribution in [0.3, 0.4) is 0 Å². The number of hydrogen-bond donors (Lipinski definition) is 1. The summed E-state index contributed by atoms with van der Waals surface area (Å²) in [5.74, 6) is 2.13. The molecule has 0 aromatic heterocycles. The van der Waals surface area contributed by atoms with Crippen LogP contribution in [0, 0.1) is 17.8 Å². The Labute approximate surface area is 69.7 Å². The van der Waals surface area contributed by atoms with Gasteiger partial charge in [-0.2, -0.15) is 0 Å². The lowest BCUT2D eigenvalue weighted by Gasteiger charge is -2.24. The van der Waals surface area contributed by atoms with Gasteiger partial charge in [-0.25, -0.2) is 0 Å². The third-order valence-corrected chi connectivity index (χ3v) is 3.02. The van der Waals surface area contributed by atoms with Crippen LogP contribution in [0.4, 0.5) is 0 Å². The van der Waals surface area contributed by atoms with E-state index >= 15 is 0 Å². The molecule has 0 spiro atoms. The fraction of sp³-hybridized carbons (Fsp3) is 0.800. The highest BCUT2D eigenvalue weighted by molar-refractivity contribution is 4.95. The Bertz CT molecular complexity index is 140. The molecule has 0 radical (unpaired) electrons. The Morgan fingerprint density at radius 3 is 2.55 bits per heavy atom. The monoisotopic (exact) mass is 153 g/mol. The predicted molar refractivity (Wildman–Crippen MR) is 49.2 cm³/mol. The van der Waals surface area contributed by atoms with E-state index in [2.05, 4.69) is 26.5 Å². The highest BCUT2D eigenvalue weighted by Gasteiger charge is 2.33. The molecule has 0 amide bonds. The van der Waals surface area contributed by atoms with E-state index in [-0.39, 0.29) is 0 Å². The van der Waals surface area contributed by atoms with E-state index in [4.69, 9.17) is 5.73 Å². The Kier molecular flexibility index (Phi) is 2.72. The topological polar surface area (TPSA) is 26.0 Å². The van der Waals surface area contributed by atoms with E-state index in [1.807, 2.05) is 0 Å². The van der Waals surface area contributed by atoms with Crippen LogP contribution in [0.25, 0.3) is 0 Å². The fourth-order valence-electron chi connectivity index (χ4n) is 2.45. The van der Waals surface area contributed by atoms with Gasteiger partial charge in [-0.05, 0) is 37.5 Å². The fourth-order valence-corrected chi connectivity index (χ4v) is 2.45. The first-order chi connectivity index (χ1) is 5.16. The van der Waals surface area contributed by atoms with Crippen LogP contribution >= 0.6 is 0 Å². The van der Waals surface area contributed by atoms with Crippen molar-refractivity contribution in [1.29, 1.82) is 0 Å². The molecule has 1 rings (SSSR count). The quantitative estimate of drug-likeness (QED) is 0.605. The van der Waals surface area contributed by atoms with Gasteiger partial charge in [0.05, 0.1) is 0 Å². The van der Waals surface area contributed by atoms with E-state index in [0.29, 0.717) is 17.9 Å². The van der Waals surface area contributed by atoms with Crippen molar-refractivity contribution in [3.63, 3.8) is 0 Å². The van der Waals surface area contributed by atoms with Crippen molar-refractivity contribution in [1.82, 2.24) is 0 Å². The van der Waals surface area contributed by atoms with Crippen molar-refractivity contribution in [2.45, 2.75) is 32.7 Å². The number of allylic oxidation sites excluding steroid dienone is 1. The Morgan fingerprint density at radius 2 is 2.18 bits per heavy atom. The van der Waals surface area contributed by atoms with Gasteiger partial charge in [-0.1, -0.05) is 13.0 Å². The largest absolute Gasteiger partial charge is 0.328 e. The van der Waals surface area contributed by atoms with Crippen molar-refractivity contribution >= 4 is 0 Å². The second kappa shape index (κ2) is 3.40. The minimum Gasteiger partial charge on any atom is -0.328 e. The molecule has 0 heterocycles. The first-order valence-electron chi connectivity index (χ1n) is 4.55. The lowest BCUT2D eigenvalue weighted by molar-refractivity contribution is 0.318. The molecule has 1 nitrogen and oxygen atoms in total. The zero-order valence-corrected chi connectivity index (χ0v) is 7.59. The summed E-state index contributed by atoms with van der Waals surface area (Å²) in [5.41, 5.74) is 5.91. The van der Waals surface area contributed by atoms with Crippen LogP contribution in [-0.2, 0) is 0 Å². The zero-order valence-electron chi connectivity index (χ0n) is 7.59. The van der Waals surface area contributed by atoms with Crippen LogP contribution < -0.4 is 5.73 Å². The van der Waals surface area contributed by atoms with Crippen molar-refractivity contribution in [2.24, 2.45) is 23.5 Å². The molecule has 11 heavy (non-hydrogen) atoms. The molecular formula is C10H19N. The van der Waals surface area contributed by atoms with E-state index in [1.165, 1.54) is 12.8 Å². The first-order valence-corrected chi connectivity index (χ1v) is 4.55. The average molecular weight is 153 g/mol. The molecule has 1 aliphatic rings. The van der Waals surface area contributed by atoms with Crippen LogP contribution in [0.15, 0.2) is 12.7 Å². The second-order valence-corrected chi connectivity index (χ2v) is 3.89. The van der Waals surface area contributed by atoms with Gasteiger partial charge in [-0.15, -0.1) is 6.58 Å². The number of rotatable bonds is 2. The summed E-state index contributed by atoms with van der Waals surface area (Å²) in [7, 11) is 0. The lowest BCUT2D eigenvalue weighted by Crippen LogP contribution is -2.32. The molecule has 1 saturated carbocycles. The molecule has 4 unspecified atom stereocenters. The Hall–Kier alpha value is -0.300. The van der Waals surface area contributed by atoms with Crippen LogP contribution in [0.5, 0.6) is 0 Å². The van der Waals surface area contributed by atoms with Crippen LogP contribution in [0.2, 0.25) is 0 Å². The van der Waals surface area contributed by atoms with Crippen molar-refractivity contribution in [3.05, 3.63) is 12.7 Å². The molecule has 0 bridgehead atoms. The summed E-state index contributed by atoms with van der Waals surface area (Å²) in [5, 5.41) is 0. The molecule has 0 aromatic rings. The van der Waals surface area contributed by atoms with Gasteiger partial charge in [-0.3, -0.25) is 0 Å². The molecule has 0 aliphatic heterocycles. The van der Waals surface area contributed by atoms with E-state index < -0.39 is 0 Å². The number of nitrogens with two attached hydrogens (primary N) is 1. The molecule has 0 aromatic carbocycles. The third-order valence-electron chi connectivity index (χ3n) is 3.02. The molecule has 1 heteroatoms. The summed E-state index contributed by atoms with van der Waals surface area (Å²) in [6.07, 6.45) is 4.69. The Morgan fingerprint density at radius 1 is 1.55 bits per heavy atom. The first kappa shape index (κ1) is 8.79. The van der Waals surface area contributed by atoms with Crippen molar-refractivity contribution in [3.8, 4) is 0 Å². The van der Waals surface area contributed by atoms with Gasteiger partial charge >= 0.3 is 0 Å². The van der Waals surface area contributed by atoms with E-state index in [0.717, 1.165) is 5.92 Å². The van der Waals surface area contributed by atoms with Crippen molar-refractivity contribution < 1.29 is 0 Å². The Balaban J connectivity index is 2.63. The minimum absolute atomic E-state index is 0.329. The van der Waals surface area contributed by atoms with E-state index in [1.54, 1.807) is 0 Å². The molecule has 1 fully saturated rings. The lowest BCUT2D eigenvalue weighted by atomic mass is 9.85. The predicted octanol–water partition coefficient (Wildman–Crippen LogP) is 2.18. The van der Waals surface area contributed by atoms with E-state index in [9.17, 15) is 0 Å². The summed E-state index contributed by atoms with van der Waals surface area (Å²) >= 11 is 0. The molecule has 1 aliphatic carbocycles. The molecule has 64 valence electrons. The summed E-state index contributed by atoms with van der Waals surface area (Å²) < 4.78 is 0. The average Bonchev–Trinajstić information content (AvgIpc) is 2.30. The number of hydrogen-bond acceptors (Lipinski definition) is 1. The highest BCUT2D eigenvalue weighted by atomic mass is 14.7. The summed E-state index contributed by atoms with van der Waals surface area (Å²) in [4.78, 5) is 0. The standard InChI is InChI=1S/C10H19N/c1-4-9-6-5-7(2)10(9)8(3)11/h4,7-10H,1,5-6,11H2,2-3H3. The zero-order chi connectivity index (χ0) is 8.43. The summed E-state index contributed by atoms with van der Waals surface area (Å²) in [6.45, 7) is 8.27. The van der Waals surface area contributed by atoms with Crippen LogP contribution in [0.1, 0.15) is 26.7 Å². The second-order valence-electron chi connectivity index (χ2n) is 3.89. The minimum atomic E-state index is 0.329. The molecule has 2 N–H and O–H groups in total. The maximum absolute atomic E-state index is 5.91. The van der Waals surface area contributed by atoms with Gasteiger partial charge in [0, 0.05) is 6.04 Å². The molecule has 0 saturated heterocycles. The normalized spacial score (nSPS) is 40.5. The smallest absolute Gasteiger partial charge is 0.00469 e. The van der Waals surface area contributed by atoms with Gasteiger partial charge in [0.1, 0.15) is 0 Å². The summed E-state index contributed by atoms with van der Waals surface area (Å²) in [6, 6.07) is 0.329. The molecular weight excluding hydrogens is 134 g/mol. The molecule has 4 atom stereocenters. The van der Waals surface area contributed by atoms with Crippen molar-refractivity contribution in [2.75, 3.05) is 0 Å². The van der Waals surface area contributed by atoms with Gasteiger partial charge in [0.2, 0.25) is 0 Å². The third kappa shape index (κ3) is 1.64. The maximum atomic E-state index is 5.91. The SMILES string of the molecule is C=CC1CCC(C)C1C(C)N. The highest BCUT2D eigenvalue weighted by Crippen LogP contribution is 2.38. The van der Waals surface area contributed by atoms with Gasteiger partial charge in [0.15, 0.2) is 0 Å². The van der Waals surface area contributed by atoms with Gasteiger partial charge < -0.3 is 5.73 Å².